The molecule has 7 nitrogen and oxygen atoms in total. The van der Waals surface area contributed by atoms with E-state index in [0.29, 0.717) is 5.69 Å². The number of benzene rings is 2. The number of aryl methyl sites for hydroxylation is 1. The lowest BCUT2D eigenvalue weighted by atomic mass is 10.0. The van der Waals surface area contributed by atoms with Gasteiger partial charge in [-0.2, -0.15) is 0 Å². The highest BCUT2D eigenvalue weighted by Crippen LogP contribution is 2.29. The van der Waals surface area contributed by atoms with E-state index in [1.54, 1.807) is 6.20 Å². The first-order valence-electron chi connectivity index (χ1n) is 9.07. The summed E-state index contributed by atoms with van der Waals surface area (Å²) in [5, 5.41) is 21.2. The summed E-state index contributed by atoms with van der Waals surface area (Å²) in [6, 6.07) is 13.0. The highest BCUT2D eigenvalue weighted by atomic mass is 16.4. The number of amides is 1. The smallest absolute Gasteiger partial charge is 0.305 e. The summed E-state index contributed by atoms with van der Waals surface area (Å²) < 4.78 is 0. The Morgan fingerprint density at radius 3 is 2.50 bits per heavy atom. The van der Waals surface area contributed by atoms with E-state index >= 15 is 0 Å². The number of H-pyrrole nitrogens is 1. The number of rotatable bonds is 8. The second-order valence-corrected chi connectivity index (χ2v) is 6.68. The molecule has 0 fully saturated rings. The van der Waals surface area contributed by atoms with E-state index in [9.17, 15) is 9.59 Å². The van der Waals surface area contributed by atoms with E-state index < -0.39 is 24.3 Å². The van der Waals surface area contributed by atoms with Gasteiger partial charge in [0.25, 0.3) is 0 Å². The number of aromatic amines is 1. The molecule has 0 aliphatic heterocycles. The standard InChI is InChI=1S/C21H23N3O4/c22-17(11-20(26)27)21(28)24-19-12-23-18-10-15(7-8-16(18)19)14-5-3-13(4-6-14)2-1-9-25/h3-8,10,12,17,23,25H,1-2,9,11,22H2,(H,24,28)(H,26,27)/t17-/m1/s1. The molecule has 1 atom stereocenters. The monoisotopic (exact) mass is 381 g/mol. The van der Waals surface area contributed by atoms with Crippen molar-refractivity contribution < 1.29 is 19.8 Å². The van der Waals surface area contributed by atoms with Gasteiger partial charge in [-0.15, -0.1) is 0 Å². The molecule has 0 unspecified atom stereocenters. The van der Waals surface area contributed by atoms with Gasteiger partial charge in [-0.3, -0.25) is 9.59 Å². The van der Waals surface area contributed by atoms with E-state index in [4.69, 9.17) is 15.9 Å². The highest BCUT2D eigenvalue weighted by Gasteiger charge is 2.18. The van der Waals surface area contributed by atoms with Crippen LogP contribution in [0.15, 0.2) is 48.7 Å². The maximum absolute atomic E-state index is 12.1. The molecule has 3 aromatic rings. The molecule has 0 aliphatic carbocycles. The second kappa shape index (κ2) is 8.69. The minimum Gasteiger partial charge on any atom is -0.481 e. The van der Waals surface area contributed by atoms with E-state index in [1.165, 1.54) is 5.56 Å². The first-order chi connectivity index (χ1) is 13.5. The summed E-state index contributed by atoms with van der Waals surface area (Å²) in [4.78, 5) is 25.9. The zero-order valence-corrected chi connectivity index (χ0v) is 15.3. The van der Waals surface area contributed by atoms with Crippen LogP contribution in [-0.4, -0.2) is 39.7 Å². The molecule has 0 radical (unpaired) electrons. The normalized spacial score (nSPS) is 12.1. The Morgan fingerprint density at radius 2 is 1.82 bits per heavy atom. The third-order valence-corrected chi connectivity index (χ3v) is 4.58. The average molecular weight is 381 g/mol. The second-order valence-electron chi connectivity index (χ2n) is 6.68. The first-order valence-corrected chi connectivity index (χ1v) is 9.07. The number of nitrogens with one attached hydrogen (secondary N) is 2. The number of carboxylic acids is 1. The highest BCUT2D eigenvalue weighted by molar-refractivity contribution is 6.04. The van der Waals surface area contributed by atoms with Gasteiger partial charge in [0.15, 0.2) is 0 Å². The fourth-order valence-electron chi connectivity index (χ4n) is 3.06. The molecule has 0 spiro atoms. The lowest BCUT2D eigenvalue weighted by Gasteiger charge is -2.09. The van der Waals surface area contributed by atoms with E-state index in [2.05, 4.69) is 22.4 Å². The van der Waals surface area contributed by atoms with Crippen molar-refractivity contribution >= 4 is 28.5 Å². The number of aliphatic carboxylic acids is 1. The number of carbonyl (C=O) groups is 2. The Balaban J connectivity index is 1.77. The number of carboxylic acid groups (broad SMARTS) is 1. The lowest BCUT2D eigenvalue weighted by Crippen LogP contribution is -2.37. The van der Waals surface area contributed by atoms with Gasteiger partial charge in [0.05, 0.1) is 18.2 Å². The summed E-state index contributed by atoms with van der Waals surface area (Å²) in [5.41, 5.74) is 10.3. The molecule has 2 aromatic carbocycles. The molecule has 7 heteroatoms. The number of hydrogen-bond donors (Lipinski definition) is 5. The molecule has 0 aliphatic rings. The van der Waals surface area contributed by atoms with Gasteiger partial charge in [-0.25, -0.2) is 0 Å². The van der Waals surface area contributed by atoms with Gasteiger partial charge >= 0.3 is 5.97 Å². The quantitative estimate of drug-likeness (QED) is 0.409. The maximum Gasteiger partial charge on any atom is 0.305 e. The van der Waals surface area contributed by atoms with Crippen LogP contribution in [0.3, 0.4) is 0 Å². The van der Waals surface area contributed by atoms with Gasteiger partial charge in [0.2, 0.25) is 5.91 Å². The van der Waals surface area contributed by atoms with Crippen LogP contribution in [-0.2, 0) is 16.0 Å². The van der Waals surface area contributed by atoms with E-state index in [-0.39, 0.29) is 6.61 Å². The molecule has 28 heavy (non-hydrogen) atoms. The van der Waals surface area contributed by atoms with Crippen molar-refractivity contribution in [3.63, 3.8) is 0 Å². The minimum absolute atomic E-state index is 0.186. The molecular weight excluding hydrogens is 358 g/mol. The van der Waals surface area contributed by atoms with Crippen LogP contribution in [0.5, 0.6) is 0 Å². The molecule has 1 amide bonds. The number of hydrogen-bond acceptors (Lipinski definition) is 4. The predicted molar refractivity (Wildman–Crippen MR) is 108 cm³/mol. The maximum atomic E-state index is 12.1. The molecule has 0 bridgehead atoms. The minimum atomic E-state index is -1.12. The summed E-state index contributed by atoms with van der Waals surface area (Å²) >= 11 is 0. The largest absolute Gasteiger partial charge is 0.481 e. The van der Waals surface area contributed by atoms with Gasteiger partial charge in [-0.1, -0.05) is 36.4 Å². The van der Waals surface area contributed by atoms with Crippen molar-refractivity contribution in [2.24, 2.45) is 5.73 Å². The zero-order chi connectivity index (χ0) is 20.1. The molecule has 1 aromatic heterocycles. The Bertz CT molecular complexity index is 979. The Kier molecular flexibility index (Phi) is 6.08. The van der Waals surface area contributed by atoms with Gasteiger partial charge in [0.1, 0.15) is 0 Å². The van der Waals surface area contributed by atoms with Crippen LogP contribution in [0.4, 0.5) is 5.69 Å². The lowest BCUT2D eigenvalue weighted by molar-refractivity contribution is -0.138. The van der Waals surface area contributed by atoms with Crippen molar-refractivity contribution in [1.29, 1.82) is 0 Å². The van der Waals surface area contributed by atoms with Crippen molar-refractivity contribution in [1.82, 2.24) is 4.98 Å². The average Bonchev–Trinajstić information content (AvgIpc) is 3.08. The number of aliphatic hydroxyl groups is 1. The fraction of sp³-hybridized carbons (Fsp3) is 0.238. The van der Waals surface area contributed by atoms with E-state index in [0.717, 1.165) is 34.9 Å². The molecule has 3 rings (SSSR count). The third-order valence-electron chi connectivity index (χ3n) is 4.58. The summed E-state index contributed by atoms with van der Waals surface area (Å²) in [5.74, 6) is -1.65. The Morgan fingerprint density at radius 1 is 1.11 bits per heavy atom. The summed E-state index contributed by atoms with van der Waals surface area (Å²) in [7, 11) is 0. The molecule has 0 saturated heterocycles. The third kappa shape index (κ3) is 4.57. The number of nitrogens with two attached hydrogens (primary N) is 1. The molecule has 0 saturated carbocycles. The number of carbonyl (C=O) groups excluding carboxylic acids is 1. The van der Waals surface area contributed by atoms with Crippen LogP contribution in [0.1, 0.15) is 18.4 Å². The van der Waals surface area contributed by atoms with Gasteiger partial charge < -0.3 is 26.2 Å². The summed E-state index contributed by atoms with van der Waals surface area (Å²) in [6.07, 6.45) is 2.84. The van der Waals surface area contributed by atoms with Crippen LogP contribution < -0.4 is 11.1 Å². The SMILES string of the molecule is N[C@H](CC(=O)O)C(=O)Nc1c[nH]c2cc(-c3ccc(CCCO)cc3)ccc12. The zero-order valence-electron chi connectivity index (χ0n) is 15.3. The van der Waals surface area contributed by atoms with Crippen molar-refractivity contribution in [2.45, 2.75) is 25.3 Å². The van der Waals surface area contributed by atoms with Crippen LogP contribution in [0, 0.1) is 0 Å². The van der Waals surface area contributed by atoms with Crippen molar-refractivity contribution in [3.05, 3.63) is 54.2 Å². The van der Waals surface area contributed by atoms with Crippen LogP contribution in [0.25, 0.3) is 22.0 Å². The predicted octanol–water partition coefficient (Wildman–Crippen LogP) is 2.50. The van der Waals surface area contributed by atoms with Crippen LogP contribution >= 0.6 is 0 Å². The first kappa shape index (κ1) is 19.6. The van der Waals surface area contributed by atoms with Crippen molar-refractivity contribution in [3.8, 4) is 11.1 Å². The summed E-state index contributed by atoms with van der Waals surface area (Å²) in [6.45, 7) is 0.186. The van der Waals surface area contributed by atoms with Crippen molar-refractivity contribution in [2.75, 3.05) is 11.9 Å². The topological polar surface area (TPSA) is 128 Å². The Labute approximate surface area is 162 Å². The van der Waals surface area contributed by atoms with Gasteiger partial charge in [-0.05, 0) is 35.6 Å². The number of anilines is 1. The fourth-order valence-corrected chi connectivity index (χ4v) is 3.06. The van der Waals surface area contributed by atoms with E-state index in [1.807, 2.05) is 30.3 Å². The number of aromatic nitrogens is 1. The van der Waals surface area contributed by atoms with Crippen LogP contribution in [0.2, 0.25) is 0 Å². The molecular formula is C21H23N3O4. The number of aliphatic hydroxyl groups excluding tert-OH is 1. The number of fused-ring (bicyclic) bond motifs is 1. The van der Waals surface area contributed by atoms with Gasteiger partial charge in [0, 0.05) is 23.7 Å². The molecule has 146 valence electrons. The Hall–Kier alpha value is -3.16. The molecule has 1 heterocycles. The molecule has 6 N–H and O–H groups in total.